The summed E-state index contributed by atoms with van der Waals surface area (Å²) in [6, 6.07) is 16.9. The van der Waals surface area contributed by atoms with E-state index in [-0.39, 0.29) is 12.8 Å². The molecular formula is C30H38O4. The van der Waals surface area contributed by atoms with Gasteiger partial charge in [-0.25, -0.2) is 0 Å². The van der Waals surface area contributed by atoms with Crippen LogP contribution in [0, 0.1) is 0 Å². The molecule has 0 saturated carbocycles. The van der Waals surface area contributed by atoms with Crippen molar-refractivity contribution >= 4 is 11.9 Å². The van der Waals surface area contributed by atoms with E-state index >= 15 is 0 Å². The minimum absolute atomic E-state index is 0.0186. The van der Waals surface area contributed by atoms with Crippen molar-refractivity contribution in [2.75, 3.05) is 0 Å². The lowest BCUT2D eigenvalue weighted by Gasteiger charge is -2.08. The third-order valence-electron chi connectivity index (χ3n) is 5.58. The molecule has 2 rings (SSSR count). The van der Waals surface area contributed by atoms with Crippen molar-refractivity contribution in [2.24, 2.45) is 0 Å². The van der Waals surface area contributed by atoms with Gasteiger partial charge < -0.3 is 9.47 Å². The Morgan fingerprint density at radius 2 is 0.971 bits per heavy atom. The summed E-state index contributed by atoms with van der Waals surface area (Å²) in [4.78, 5) is 24.0. The van der Waals surface area contributed by atoms with Crippen molar-refractivity contribution in [2.45, 2.75) is 79.1 Å². The Kier molecular flexibility index (Phi) is 10.8. The van der Waals surface area contributed by atoms with Gasteiger partial charge in [0.05, 0.1) is 25.4 Å². The Bertz CT molecular complexity index is 910. The fraction of sp³-hybridized carbons (Fsp3) is 0.400. The molecule has 0 aliphatic carbocycles. The first-order valence-electron chi connectivity index (χ1n) is 12.0. The second-order valence-corrected chi connectivity index (χ2v) is 9.55. The van der Waals surface area contributed by atoms with Gasteiger partial charge in [-0.3, -0.25) is 9.59 Å². The van der Waals surface area contributed by atoms with Crippen LogP contribution in [0.25, 0.3) is 0 Å². The van der Waals surface area contributed by atoms with E-state index in [1.165, 1.54) is 23.7 Å². The average Bonchev–Trinajstić information content (AvgIpc) is 2.80. The second-order valence-electron chi connectivity index (χ2n) is 9.55. The van der Waals surface area contributed by atoms with Crippen LogP contribution in [-0.4, -0.2) is 11.9 Å². The van der Waals surface area contributed by atoms with Crippen LogP contribution in [0.5, 0.6) is 0 Å². The van der Waals surface area contributed by atoms with Crippen LogP contribution in [-0.2, 0) is 31.9 Å². The summed E-state index contributed by atoms with van der Waals surface area (Å²) in [6.45, 7) is 12.5. The van der Waals surface area contributed by atoms with Crippen molar-refractivity contribution < 1.29 is 19.1 Å². The van der Waals surface area contributed by atoms with Crippen LogP contribution in [0.3, 0.4) is 0 Å². The van der Waals surface area contributed by atoms with E-state index in [1.54, 1.807) is 0 Å². The lowest BCUT2D eigenvalue weighted by molar-refractivity contribution is -0.144. The monoisotopic (exact) mass is 462 g/mol. The van der Waals surface area contributed by atoms with Gasteiger partial charge in [0.2, 0.25) is 0 Å². The zero-order valence-corrected chi connectivity index (χ0v) is 21.4. The van der Waals surface area contributed by atoms with E-state index in [1.807, 2.05) is 13.8 Å². The number of benzene rings is 2. The molecule has 0 N–H and O–H groups in total. The molecule has 0 heterocycles. The Labute approximate surface area is 204 Å². The SMILES string of the molecule is C/C(=C\OC(=O)CCC(=O)O/C=C(\C)Cc1ccc(C(C)C)cc1)Cc1ccc(C(C)C)cc1. The minimum Gasteiger partial charge on any atom is -0.435 e. The van der Waals surface area contributed by atoms with Gasteiger partial charge in [-0.2, -0.15) is 0 Å². The van der Waals surface area contributed by atoms with Crippen molar-refractivity contribution in [1.29, 1.82) is 0 Å². The van der Waals surface area contributed by atoms with Crippen LogP contribution < -0.4 is 0 Å². The van der Waals surface area contributed by atoms with Gasteiger partial charge in [0.25, 0.3) is 0 Å². The molecule has 0 aliphatic heterocycles. The molecule has 0 saturated heterocycles. The van der Waals surface area contributed by atoms with Crippen LogP contribution in [0.1, 0.15) is 88.5 Å². The number of hydrogen-bond donors (Lipinski definition) is 0. The quantitative estimate of drug-likeness (QED) is 0.258. The van der Waals surface area contributed by atoms with E-state index in [2.05, 4.69) is 76.2 Å². The molecule has 0 amide bonds. The van der Waals surface area contributed by atoms with Crippen LogP contribution >= 0.6 is 0 Å². The molecule has 0 radical (unpaired) electrons. The third-order valence-corrected chi connectivity index (χ3v) is 5.58. The summed E-state index contributed by atoms with van der Waals surface area (Å²) < 4.78 is 10.4. The fourth-order valence-electron chi connectivity index (χ4n) is 3.42. The van der Waals surface area contributed by atoms with E-state index < -0.39 is 11.9 Å². The number of rotatable bonds is 11. The lowest BCUT2D eigenvalue weighted by atomic mass is 9.99. The average molecular weight is 463 g/mol. The zero-order valence-electron chi connectivity index (χ0n) is 21.4. The van der Waals surface area contributed by atoms with Gasteiger partial charge in [0.15, 0.2) is 0 Å². The molecule has 0 aliphatic rings. The summed E-state index contributed by atoms with van der Waals surface area (Å²) >= 11 is 0. The molecule has 0 unspecified atom stereocenters. The van der Waals surface area contributed by atoms with E-state index in [0.29, 0.717) is 24.7 Å². The van der Waals surface area contributed by atoms with Crippen LogP contribution in [0.4, 0.5) is 0 Å². The van der Waals surface area contributed by atoms with E-state index in [0.717, 1.165) is 22.3 Å². The molecule has 4 heteroatoms. The Morgan fingerprint density at radius 1 is 0.647 bits per heavy atom. The van der Waals surface area contributed by atoms with Gasteiger partial charge in [0, 0.05) is 0 Å². The fourth-order valence-corrected chi connectivity index (χ4v) is 3.42. The predicted octanol–water partition coefficient (Wildman–Crippen LogP) is 7.39. The van der Waals surface area contributed by atoms with Crippen molar-refractivity contribution in [3.8, 4) is 0 Å². The minimum atomic E-state index is -0.447. The smallest absolute Gasteiger partial charge is 0.311 e. The first kappa shape index (κ1) is 27.1. The number of esters is 2. The predicted molar refractivity (Wildman–Crippen MR) is 137 cm³/mol. The normalized spacial score (nSPS) is 12.2. The van der Waals surface area contributed by atoms with Gasteiger partial charge in [-0.15, -0.1) is 0 Å². The van der Waals surface area contributed by atoms with Gasteiger partial charge in [-0.1, -0.05) is 76.2 Å². The first-order chi connectivity index (χ1) is 16.1. The Hall–Kier alpha value is -3.14. The van der Waals surface area contributed by atoms with Crippen molar-refractivity contribution in [1.82, 2.24) is 0 Å². The van der Waals surface area contributed by atoms with Gasteiger partial charge >= 0.3 is 11.9 Å². The lowest BCUT2D eigenvalue weighted by Crippen LogP contribution is -2.07. The maximum atomic E-state index is 12.0. The summed E-state index contributed by atoms with van der Waals surface area (Å²) in [5.74, 6) is 0.106. The Morgan fingerprint density at radius 3 is 1.26 bits per heavy atom. The molecule has 2 aromatic carbocycles. The number of allylic oxidation sites excluding steroid dienone is 2. The molecule has 2 aromatic rings. The van der Waals surface area contributed by atoms with Crippen molar-refractivity contribution in [3.63, 3.8) is 0 Å². The Balaban J connectivity index is 1.71. The van der Waals surface area contributed by atoms with E-state index in [9.17, 15) is 9.59 Å². The van der Waals surface area contributed by atoms with Crippen LogP contribution in [0.15, 0.2) is 72.2 Å². The summed E-state index contributed by atoms with van der Waals surface area (Å²) in [5, 5.41) is 0. The number of carbonyl (C=O) groups excluding carboxylic acids is 2. The number of ether oxygens (including phenoxy) is 2. The molecule has 0 spiro atoms. The van der Waals surface area contributed by atoms with E-state index in [4.69, 9.17) is 9.47 Å². The standard InChI is InChI=1S/C30H38O4/c1-21(2)27-11-7-25(8-12-27)17-23(5)19-33-29(31)15-16-30(32)34-20-24(6)18-26-9-13-28(14-10-26)22(3)4/h7-14,19-22H,15-18H2,1-6H3/b23-19+,24-20+. The second kappa shape index (κ2) is 13.5. The molecule has 4 nitrogen and oxygen atoms in total. The van der Waals surface area contributed by atoms with Gasteiger partial charge in [0.1, 0.15) is 0 Å². The van der Waals surface area contributed by atoms with Gasteiger partial charge in [-0.05, 0) is 71.9 Å². The summed E-state index contributed by atoms with van der Waals surface area (Å²) in [7, 11) is 0. The van der Waals surface area contributed by atoms with Crippen molar-refractivity contribution in [3.05, 3.63) is 94.5 Å². The first-order valence-corrected chi connectivity index (χ1v) is 12.0. The molecular weight excluding hydrogens is 424 g/mol. The summed E-state index contributed by atoms with van der Waals surface area (Å²) in [5.41, 5.74) is 6.80. The molecule has 0 atom stereocenters. The largest absolute Gasteiger partial charge is 0.435 e. The highest BCUT2D eigenvalue weighted by atomic mass is 16.5. The topological polar surface area (TPSA) is 52.6 Å². The zero-order chi connectivity index (χ0) is 25.1. The number of hydrogen-bond acceptors (Lipinski definition) is 4. The molecule has 0 bridgehead atoms. The van der Waals surface area contributed by atoms with Crippen LogP contribution in [0.2, 0.25) is 0 Å². The highest BCUT2D eigenvalue weighted by Crippen LogP contribution is 2.17. The molecule has 182 valence electrons. The third kappa shape index (κ3) is 9.78. The highest BCUT2D eigenvalue weighted by molar-refractivity contribution is 5.78. The molecule has 0 aromatic heterocycles. The maximum absolute atomic E-state index is 12.0. The molecule has 34 heavy (non-hydrogen) atoms. The summed E-state index contributed by atoms with van der Waals surface area (Å²) in [6.07, 6.45) is 4.32. The number of carbonyl (C=O) groups is 2. The maximum Gasteiger partial charge on any atom is 0.311 e. The highest BCUT2D eigenvalue weighted by Gasteiger charge is 2.09. The molecule has 0 fully saturated rings.